The minimum absolute atomic E-state index is 0.556. The van der Waals surface area contributed by atoms with Crippen molar-refractivity contribution in [2.45, 2.75) is 6.42 Å². The average Bonchev–Trinajstić information content (AvgIpc) is 2.34. The third kappa shape index (κ3) is 1.50. The minimum atomic E-state index is -0.829. The number of rotatable bonds is 0. The summed E-state index contributed by atoms with van der Waals surface area (Å²) in [6.45, 7) is 1.19. The van der Waals surface area contributed by atoms with Crippen LogP contribution in [0.5, 0.6) is 0 Å². The summed E-state index contributed by atoms with van der Waals surface area (Å²) < 4.78 is 0. The van der Waals surface area contributed by atoms with Gasteiger partial charge < -0.3 is 10.0 Å². The highest BCUT2D eigenvalue weighted by atomic mass is 79.9. The molecule has 0 spiro atoms. The standard InChI is InChI=1S/C6H8BrNO2/c7-3-5-1-2-8(4-5)6(9)10/h3H,1-2,4H2,(H,9,10)/b5-3+. The van der Waals surface area contributed by atoms with E-state index in [1.54, 1.807) is 4.99 Å². The number of hydrogen-bond acceptors (Lipinski definition) is 1. The first kappa shape index (κ1) is 7.60. The van der Waals surface area contributed by atoms with Gasteiger partial charge >= 0.3 is 6.09 Å². The van der Waals surface area contributed by atoms with E-state index in [1.807, 2.05) is 0 Å². The van der Waals surface area contributed by atoms with Gasteiger partial charge in [-0.2, -0.15) is 0 Å². The normalized spacial score (nSPS) is 22.1. The van der Waals surface area contributed by atoms with Crippen molar-refractivity contribution in [3.63, 3.8) is 0 Å². The van der Waals surface area contributed by atoms with Crippen LogP contribution in [0.2, 0.25) is 0 Å². The Kier molecular flexibility index (Phi) is 2.32. The summed E-state index contributed by atoms with van der Waals surface area (Å²) in [6.07, 6.45) is 0.0294. The van der Waals surface area contributed by atoms with Gasteiger partial charge in [-0.25, -0.2) is 4.79 Å². The molecule has 56 valence electrons. The Morgan fingerprint density at radius 2 is 2.50 bits per heavy atom. The zero-order valence-electron chi connectivity index (χ0n) is 5.38. The Morgan fingerprint density at radius 1 is 1.80 bits per heavy atom. The van der Waals surface area contributed by atoms with Crippen molar-refractivity contribution in [2.24, 2.45) is 0 Å². The third-order valence-electron chi connectivity index (χ3n) is 1.52. The van der Waals surface area contributed by atoms with Crippen molar-refractivity contribution in [1.82, 2.24) is 4.90 Å². The first-order valence-electron chi connectivity index (χ1n) is 3.00. The molecular formula is C6H8BrNO2. The molecule has 0 atom stereocenters. The molecule has 1 amide bonds. The van der Waals surface area contributed by atoms with Gasteiger partial charge in [0.2, 0.25) is 0 Å². The Balaban J connectivity index is 2.51. The summed E-state index contributed by atoms with van der Waals surface area (Å²) in [5.41, 5.74) is 1.14. The lowest BCUT2D eigenvalue weighted by Crippen LogP contribution is -2.25. The SMILES string of the molecule is O=C(O)N1CC/C(=C\Br)C1. The second kappa shape index (κ2) is 3.05. The van der Waals surface area contributed by atoms with Crippen LogP contribution < -0.4 is 0 Å². The monoisotopic (exact) mass is 205 g/mol. The van der Waals surface area contributed by atoms with Gasteiger partial charge in [0.25, 0.3) is 0 Å². The highest BCUT2D eigenvalue weighted by molar-refractivity contribution is 9.11. The fraction of sp³-hybridized carbons (Fsp3) is 0.500. The van der Waals surface area contributed by atoms with Crippen molar-refractivity contribution >= 4 is 22.0 Å². The highest BCUT2D eigenvalue weighted by Crippen LogP contribution is 2.15. The van der Waals surface area contributed by atoms with E-state index in [1.165, 1.54) is 4.90 Å². The Bertz CT molecular complexity index is 179. The van der Waals surface area contributed by atoms with E-state index in [0.29, 0.717) is 13.1 Å². The van der Waals surface area contributed by atoms with Gasteiger partial charge in [-0.1, -0.05) is 15.9 Å². The van der Waals surface area contributed by atoms with Crippen LogP contribution in [0.1, 0.15) is 6.42 Å². The molecule has 0 saturated carbocycles. The number of carbonyl (C=O) groups is 1. The molecule has 4 heteroatoms. The quantitative estimate of drug-likeness (QED) is 0.654. The summed E-state index contributed by atoms with van der Waals surface area (Å²) in [5.74, 6) is 0. The molecule has 10 heavy (non-hydrogen) atoms. The number of hydrogen-bond donors (Lipinski definition) is 1. The molecule has 1 aliphatic heterocycles. The van der Waals surface area contributed by atoms with Gasteiger partial charge in [-0.05, 0) is 17.0 Å². The first-order chi connectivity index (χ1) is 4.74. The molecule has 0 aromatic heterocycles. The molecule has 0 unspecified atom stereocenters. The van der Waals surface area contributed by atoms with Crippen LogP contribution in [-0.2, 0) is 0 Å². The van der Waals surface area contributed by atoms with Crippen LogP contribution in [0.4, 0.5) is 4.79 Å². The summed E-state index contributed by atoms with van der Waals surface area (Å²) in [6, 6.07) is 0. The van der Waals surface area contributed by atoms with Gasteiger partial charge in [-0.3, -0.25) is 0 Å². The third-order valence-corrected chi connectivity index (χ3v) is 2.17. The molecule has 1 aliphatic rings. The summed E-state index contributed by atoms with van der Waals surface area (Å²) in [4.78, 5) is 13.5. The van der Waals surface area contributed by atoms with E-state index in [2.05, 4.69) is 15.9 Å². The average molecular weight is 206 g/mol. The second-order valence-electron chi connectivity index (χ2n) is 2.22. The molecular weight excluding hydrogens is 198 g/mol. The fourth-order valence-corrected chi connectivity index (χ4v) is 1.31. The van der Waals surface area contributed by atoms with Crippen molar-refractivity contribution in [2.75, 3.05) is 13.1 Å². The van der Waals surface area contributed by atoms with Crippen LogP contribution in [0, 0.1) is 0 Å². The number of carboxylic acid groups (broad SMARTS) is 1. The van der Waals surface area contributed by atoms with Crippen molar-refractivity contribution in [3.8, 4) is 0 Å². The molecule has 1 heterocycles. The maximum atomic E-state index is 10.3. The number of nitrogens with zero attached hydrogens (tertiary/aromatic N) is 1. The molecule has 1 saturated heterocycles. The number of amides is 1. The lowest BCUT2D eigenvalue weighted by atomic mass is 10.3. The first-order valence-corrected chi connectivity index (χ1v) is 3.91. The largest absolute Gasteiger partial charge is 0.465 e. The van der Waals surface area contributed by atoms with Crippen LogP contribution in [-0.4, -0.2) is 29.2 Å². The molecule has 0 aromatic rings. The van der Waals surface area contributed by atoms with Crippen molar-refractivity contribution < 1.29 is 9.90 Å². The van der Waals surface area contributed by atoms with E-state index >= 15 is 0 Å². The van der Waals surface area contributed by atoms with Gasteiger partial charge in [0.15, 0.2) is 0 Å². The molecule has 3 nitrogen and oxygen atoms in total. The van der Waals surface area contributed by atoms with Gasteiger partial charge in [0.1, 0.15) is 0 Å². The Morgan fingerprint density at radius 3 is 2.80 bits per heavy atom. The lowest BCUT2D eigenvalue weighted by molar-refractivity contribution is 0.156. The fourth-order valence-electron chi connectivity index (χ4n) is 0.934. The zero-order valence-corrected chi connectivity index (χ0v) is 6.97. The van der Waals surface area contributed by atoms with Gasteiger partial charge in [0, 0.05) is 13.1 Å². The minimum Gasteiger partial charge on any atom is -0.465 e. The van der Waals surface area contributed by atoms with E-state index < -0.39 is 6.09 Å². The Hall–Kier alpha value is -0.510. The summed E-state index contributed by atoms with van der Waals surface area (Å²) in [7, 11) is 0. The van der Waals surface area contributed by atoms with Gasteiger partial charge in [0.05, 0.1) is 0 Å². The van der Waals surface area contributed by atoms with Crippen LogP contribution in [0.25, 0.3) is 0 Å². The summed E-state index contributed by atoms with van der Waals surface area (Å²) >= 11 is 3.17. The number of likely N-dealkylation sites (tertiary alicyclic amines) is 1. The molecule has 1 rings (SSSR count). The maximum Gasteiger partial charge on any atom is 0.407 e. The maximum absolute atomic E-state index is 10.3. The molecule has 1 N–H and O–H groups in total. The molecule has 0 radical (unpaired) electrons. The topological polar surface area (TPSA) is 40.5 Å². The molecule has 0 bridgehead atoms. The van der Waals surface area contributed by atoms with Crippen molar-refractivity contribution in [3.05, 3.63) is 10.6 Å². The van der Waals surface area contributed by atoms with E-state index in [9.17, 15) is 4.79 Å². The predicted molar refractivity (Wildman–Crippen MR) is 41.2 cm³/mol. The zero-order chi connectivity index (χ0) is 7.56. The van der Waals surface area contributed by atoms with Gasteiger partial charge in [-0.15, -0.1) is 0 Å². The van der Waals surface area contributed by atoms with E-state index in [-0.39, 0.29) is 0 Å². The molecule has 0 aliphatic carbocycles. The van der Waals surface area contributed by atoms with Crippen LogP contribution in [0.3, 0.4) is 0 Å². The predicted octanol–water partition coefficient (Wildman–Crippen LogP) is 1.65. The smallest absolute Gasteiger partial charge is 0.407 e. The molecule has 1 fully saturated rings. The van der Waals surface area contributed by atoms with Crippen molar-refractivity contribution in [1.29, 1.82) is 0 Å². The lowest BCUT2D eigenvalue weighted by Gasteiger charge is -2.07. The number of halogens is 1. The second-order valence-corrected chi connectivity index (χ2v) is 2.68. The van der Waals surface area contributed by atoms with E-state index in [0.717, 1.165) is 12.0 Å². The highest BCUT2D eigenvalue weighted by Gasteiger charge is 2.19. The van der Waals surface area contributed by atoms with Crippen LogP contribution in [0.15, 0.2) is 10.6 Å². The summed E-state index contributed by atoms with van der Waals surface area (Å²) in [5, 5.41) is 8.51. The Labute approximate surface area is 67.5 Å². The molecule has 0 aromatic carbocycles. The van der Waals surface area contributed by atoms with Crippen LogP contribution >= 0.6 is 15.9 Å². The van der Waals surface area contributed by atoms with E-state index in [4.69, 9.17) is 5.11 Å².